The fourth-order valence-electron chi connectivity index (χ4n) is 3.15. The number of ether oxygens (including phenoxy) is 1. The highest BCUT2D eigenvalue weighted by Crippen LogP contribution is 2.36. The maximum Gasteiger partial charge on any atom is 0.413 e. The lowest BCUT2D eigenvalue weighted by Gasteiger charge is -2.28. The van der Waals surface area contributed by atoms with E-state index in [4.69, 9.17) is 4.74 Å². The van der Waals surface area contributed by atoms with Crippen molar-refractivity contribution in [2.24, 2.45) is 0 Å². The minimum atomic E-state index is -0.333. The van der Waals surface area contributed by atoms with Gasteiger partial charge in [-0.2, -0.15) is 0 Å². The second-order valence-corrected chi connectivity index (χ2v) is 5.66. The van der Waals surface area contributed by atoms with Gasteiger partial charge in [0.2, 0.25) is 0 Å². The molecule has 3 rings (SSSR count). The smallest absolute Gasteiger partial charge is 0.413 e. The van der Waals surface area contributed by atoms with Gasteiger partial charge >= 0.3 is 6.09 Å². The average Bonchev–Trinajstić information content (AvgIpc) is 3.09. The summed E-state index contributed by atoms with van der Waals surface area (Å²) in [6.45, 7) is 3.47. The molecule has 1 unspecified atom stereocenters. The largest absolute Gasteiger partial charge is 0.452 e. The Balaban J connectivity index is 1.91. The number of nitrogens with one attached hydrogen (secondary N) is 2. The van der Waals surface area contributed by atoms with Crippen molar-refractivity contribution in [1.82, 2.24) is 9.97 Å². The number of fused-ring (bicyclic) bond motifs is 1. The maximum absolute atomic E-state index is 11.9. The number of benzene rings is 1. The molecule has 6 nitrogen and oxygen atoms in total. The van der Waals surface area contributed by atoms with Crippen molar-refractivity contribution in [2.75, 3.05) is 30.4 Å². The van der Waals surface area contributed by atoms with Crippen molar-refractivity contribution in [3.05, 3.63) is 42.0 Å². The van der Waals surface area contributed by atoms with Gasteiger partial charge in [-0.05, 0) is 49.4 Å². The number of aromatic amines is 1. The lowest BCUT2D eigenvalue weighted by molar-refractivity contribution is 0.179. The first-order valence-corrected chi connectivity index (χ1v) is 7.94. The van der Waals surface area contributed by atoms with Crippen LogP contribution in [-0.2, 0) is 11.2 Å². The third-order valence-corrected chi connectivity index (χ3v) is 4.32. The van der Waals surface area contributed by atoms with Crippen molar-refractivity contribution in [3.63, 3.8) is 0 Å². The van der Waals surface area contributed by atoms with E-state index in [9.17, 15) is 4.79 Å². The van der Waals surface area contributed by atoms with Gasteiger partial charge in [0.25, 0.3) is 0 Å². The van der Waals surface area contributed by atoms with Gasteiger partial charge < -0.3 is 15.0 Å². The van der Waals surface area contributed by atoms with Gasteiger partial charge in [-0.25, -0.2) is 9.78 Å². The topological polar surface area (TPSA) is 70.2 Å². The Bertz CT molecular complexity index is 669. The number of amides is 1. The van der Waals surface area contributed by atoms with Gasteiger partial charge in [-0.3, -0.25) is 4.90 Å². The number of rotatable bonds is 4. The zero-order valence-electron chi connectivity index (χ0n) is 13.5. The van der Waals surface area contributed by atoms with Gasteiger partial charge in [-0.15, -0.1) is 0 Å². The number of imidazole rings is 1. The number of carbonyl (C=O) groups is 1. The molecule has 0 saturated carbocycles. The van der Waals surface area contributed by atoms with E-state index in [-0.39, 0.29) is 6.09 Å². The molecule has 6 heteroatoms. The number of methoxy groups -OCH3 is 1. The molecule has 1 aromatic heterocycles. The number of aromatic nitrogens is 2. The maximum atomic E-state index is 11.9. The molecule has 1 aromatic carbocycles. The quantitative estimate of drug-likeness (QED) is 0.909. The predicted molar refractivity (Wildman–Crippen MR) is 90.0 cm³/mol. The predicted octanol–water partition coefficient (Wildman–Crippen LogP) is 3.14. The molecule has 0 spiro atoms. The van der Waals surface area contributed by atoms with Crippen LogP contribution < -0.4 is 10.2 Å². The average molecular weight is 314 g/mol. The zero-order valence-corrected chi connectivity index (χ0v) is 13.5. The second kappa shape index (κ2) is 6.73. The number of hydrogen-bond acceptors (Lipinski definition) is 4. The number of carbonyl (C=O) groups excluding carboxylic acids is 1. The Labute approximate surface area is 135 Å². The molecule has 1 aliphatic rings. The van der Waals surface area contributed by atoms with Crippen LogP contribution in [-0.4, -0.2) is 36.3 Å². The Kier molecular flexibility index (Phi) is 4.50. The summed E-state index contributed by atoms with van der Waals surface area (Å²) in [4.78, 5) is 20.9. The molecule has 2 aromatic rings. The minimum absolute atomic E-state index is 0.333. The van der Waals surface area contributed by atoms with Crippen LogP contribution in [0.1, 0.15) is 30.5 Å². The normalized spacial score (nSPS) is 16.3. The van der Waals surface area contributed by atoms with Crippen LogP contribution in [0.4, 0.5) is 16.2 Å². The Morgan fingerprint density at radius 2 is 2.35 bits per heavy atom. The Morgan fingerprint density at radius 1 is 1.48 bits per heavy atom. The molecule has 122 valence electrons. The first-order valence-electron chi connectivity index (χ1n) is 7.94. The van der Waals surface area contributed by atoms with Crippen LogP contribution in [0.15, 0.2) is 30.7 Å². The molecule has 0 radical (unpaired) electrons. The van der Waals surface area contributed by atoms with Crippen LogP contribution in [0.2, 0.25) is 0 Å². The summed E-state index contributed by atoms with van der Waals surface area (Å²) >= 11 is 0. The first-order chi connectivity index (χ1) is 11.2. The lowest BCUT2D eigenvalue weighted by Crippen LogP contribution is -2.30. The minimum Gasteiger partial charge on any atom is -0.452 e. The highest BCUT2D eigenvalue weighted by Gasteiger charge is 2.23. The number of anilines is 2. The summed E-state index contributed by atoms with van der Waals surface area (Å²) in [5.74, 6) is 0.394. The summed E-state index contributed by atoms with van der Waals surface area (Å²) in [6.07, 6.45) is 5.27. The van der Waals surface area contributed by atoms with Gasteiger partial charge in [-0.1, -0.05) is 0 Å². The van der Waals surface area contributed by atoms with Crippen molar-refractivity contribution in [3.8, 4) is 0 Å². The van der Waals surface area contributed by atoms with Crippen molar-refractivity contribution in [1.29, 1.82) is 0 Å². The number of H-pyrrole nitrogens is 1. The molecule has 1 amide bonds. The fraction of sp³-hybridized carbons (Fsp3) is 0.412. The SMILES string of the molecule is CCN(C(=O)OC)c1ccc2c(c1)C(Cc1c[nH]cn1)CCN2. The van der Waals surface area contributed by atoms with Gasteiger partial charge in [0, 0.05) is 30.7 Å². The third kappa shape index (κ3) is 3.16. The van der Waals surface area contributed by atoms with Crippen molar-refractivity contribution < 1.29 is 9.53 Å². The second-order valence-electron chi connectivity index (χ2n) is 5.66. The summed E-state index contributed by atoms with van der Waals surface area (Å²) in [6, 6.07) is 6.11. The molecule has 1 aliphatic heterocycles. The summed E-state index contributed by atoms with van der Waals surface area (Å²) < 4.78 is 4.87. The van der Waals surface area contributed by atoms with Crippen LogP contribution in [0.5, 0.6) is 0 Å². The van der Waals surface area contributed by atoms with Gasteiger partial charge in [0.1, 0.15) is 0 Å². The number of hydrogen-bond donors (Lipinski definition) is 2. The van der Waals surface area contributed by atoms with E-state index < -0.39 is 0 Å². The van der Waals surface area contributed by atoms with Crippen molar-refractivity contribution >= 4 is 17.5 Å². The lowest BCUT2D eigenvalue weighted by atomic mass is 9.87. The van der Waals surface area contributed by atoms with Gasteiger partial charge in [0.15, 0.2) is 0 Å². The van der Waals surface area contributed by atoms with Gasteiger partial charge in [0.05, 0.1) is 19.1 Å². The molecule has 23 heavy (non-hydrogen) atoms. The molecule has 0 fully saturated rings. The monoisotopic (exact) mass is 314 g/mol. The standard InChI is InChI=1S/C17H22N4O2/c1-3-21(17(22)23-2)14-4-5-16-15(9-14)12(6-7-19-16)8-13-10-18-11-20-13/h4-5,9-12,19H,3,6-8H2,1-2H3,(H,18,20). The van der Waals surface area contributed by atoms with E-state index in [0.717, 1.165) is 36.5 Å². The van der Waals surface area contributed by atoms with Crippen molar-refractivity contribution in [2.45, 2.75) is 25.7 Å². The molecular weight excluding hydrogens is 292 g/mol. The molecule has 2 heterocycles. The number of nitrogens with zero attached hydrogens (tertiary/aromatic N) is 2. The highest BCUT2D eigenvalue weighted by molar-refractivity contribution is 5.88. The molecule has 2 N–H and O–H groups in total. The summed E-state index contributed by atoms with van der Waals surface area (Å²) in [5, 5.41) is 3.44. The molecule has 1 atom stereocenters. The van der Waals surface area contributed by atoms with E-state index in [1.807, 2.05) is 25.3 Å². The molecular formula is C17H22N4O2. The Hall–Kier alpha value is -2.50. The van der Waals surface area contributed by atoms with E-state index in [1.165, 1.54) is 12.7 Å². The molecule has 0 aliphatic carbocycles. The molecule has 0 bridgehead atoms. The fourth-order valence-corrected chi connectivity index (χ4v) is 3.15. The van der Waals surface area contributed by atoms with E-state index in [0.29, 0.717) is 12.5 Å². The summed E-state index contributed by atoms with van der Waals surface area (Å²) in [5.41, 5.74) is 4.31. The zero-order chi connectivity index (χ0) is 16.2. The summed E-state index contributed by atoms with van der Waals surface area (Å²) in [7, 11) is 1.41. The van der Waals surface area contributed by atoms with Crippen LogP contribution in [0.3, 0.4) is 0 Å². The first kappa shape index (κ1) is 15.4. The van der Waals surface area contributed by atoms with Crippen LogP contribution in [0, 0.1) is 0 Å². The van der Waals surface area contributed by atoms with Crippen LogP contribution >= 0.6 is 0 Å². The van der Waals surface area contributed by atoms with E-state index >= 15 is 0 Å². The Morgan fingerprint density at radius 3 is 3.04 bits per heavy atom. The third-order valence-electron chi connectivity index (χ3n) is 4.32. The van der Waals surface area contributed by atoms with E-state index in [2.05, 4.69) is 21.4 Å². The van der Waals surface area contributed by atoms with Crippen LogP contribution in [0.25, 0.3) is 0 Å². The molecule has 0 saturated heterocycles. The van der Waals surface area contributed by atoms with E-state index in [1.54, 1.807) is 11.2 Å². The highest BCUT2D eigenvalue weighted by atomic mass is 16.5.